The normalized spacial score (nSPS) is 14.9. The van der Waals surface area contributed by atoms with Crippen LogP contribution in [-0.4, -0.2) is 26.0 Å². The summed E-state index contributed by atoms with van der Waals surface area (Å²) in [5.74, 6) is 0. The van der Waals surface area contributed by atoms with Crippen LogP contribution in [0.2, 0.25) is 0 Å². The van der Waals surface area contributed by atoms with Crippen LogP contribution in [0.4, 0.5) is 5.69 Å². The molecule has 0 atom stereocenters. The van der Waals surface area contributed by atoms with E-state index in [1.54, 1.807) is 0 Å². The standard InChI is InChI=1S/C12H17N3/c13-6-2-4-11-3-1-5-12(9-11)15-8-7-14-10-15/h1,3,5,9-10H,2,4,6-8,13H2. The smallest absolute Gasteiger partial charge is 0.0895 e. The van der Waals surface area contributed by atoms with Gasteiger partial charge in [0.1, 0.15) is 0 Å². The molecule has 0 radical (unpaired) electrons. The predicted molar refractivity (Wildman–Crippen MR) is 64.5 cm³/mol. The van der Waals surface area contributed by atoms with E-state index >= 15 is 0 Å². The van der Waals surface area contributed by atoms with E-state index in [2.05, 4.69) is 34.2 Å². The first kappa shape index (κ1) is 10.2. The van der Waals surface area contributed by atoms with Gasteiger partial charge in [-0.15, -0.1) is 0 Å². The second-order valence-electron chi connectivity index (χ2n) is 3.78. The summed E-state index contributed by atoms with van der Waals surface area (Å²) < 4.78 is 0. The van der Waals surface area contributed by atoms with Crippen molar-refractivity contribution in [2.75, 3.05) is 24.5 Å². The molecule has 15 heavy (non-hydrogen) atoms. The second kappa shape index (κ2) is 4.94. The first-order valence-electron chi connectivity index (χ1n) is 5.46. The minimum absolute atomic E-state index is 0.759. The third kappa shape index (κ3) is 2.57. The third-order valence-electron chi connectivity index (χ3n) is 2.60. The Labute approximate surface area is 90.6 Å². The second-order valence-corrected chi connectivity index (χ2v) is 3.78. The Bertz CT molecular complexity index is 346. The van der Waals surface area contributed by atoms with Crippen LogP contribution in [0.5, 0.6) is 0 Å². The maximum atomic E-state index is 5.50. The van der Waals surface area contributed by atoms with Gasteiger partial charge in [-0.3, -0.25) is 4.99 Å². The molecule has 0 spiro atoms. The summed E-state index contributed by atoms with van der Waals surface area (Å²) in [6, 6.07) is 8.62. The lowest BCUT2D eigenvalue weighted by atomic mass is 10.1. The lowest BCUT2D eigenvalue weighted by molar-refractivity contribution is 0.832. The van der Waals surface area contributed by atoms with Gasteiger partial charge in [0, 0.05) is 12.2 Å². The highest BCUT2D eigenvalue weighted by Crippen LogP contribution is 2.17. The van der Waals surface area contributed by atoms with Gasteiger partial charge in [0.15, 0.2) is 0 Å². The van der Waals surface area contributed by atoms with Gasteiger partial charge in [-0.25, -0.2) is 0 Å². The Morgan fingerprint density at radius 2 is 2.33 bits per heavy atom. The lowest BCUT2D eigenvalue weighted by Gasteiger charge is -2.14. The summed E-state index contributed by atoms with van der Waals surface area (Å²) >= 11 is 0. The Balaban J connectivity index is 2.08. The summed E-state index contributed by atoms with van der Waals surface area (Å²) in [5, 5.41) is 0. The van der Waals surface area contributed by atoms with Gasteiger partial charge in [0.05, 0.1) is 12.9 Å². The zero-order valence-electron chi connectivity index (χ0n) is 8.89. The number of rotatable bonds is 4. The first-order chi connectivity index (χ1) is 7.40. The highest BCUT2D eigenvalue weighted by atomic mass is 15.2. The summed E-state index contributed by atoms with van der Waals surface area (Å²) in [4.78, 5) is 6.40. The molecule has 0 saturated carbocycles. The van der Waals surface area contributed by atoms with Gasteiger partial charge < -0.3 is 10.6 Å². The molecule has 0 unspecified atom stereocenters. The molecule has 0 aliphatic carbocycles. The molecule has 80 valence electrons. The fraction of sp³-hybridized carbons (Fsp3) is 0.417. The number of anilines is 1. The molecule has 1 aromatic carbocycles. The molecule has 2 rings (SSSR count). The van der Waals surface area contributed by atoms with Crippen LogP contribution >= 0.6 is 0 Å². The largest absolute Gasteiger partial charge is 0.331 e. The third-order valence-corrected chi connectivity index (χ3v) is 2.60. The summed E-state index contributed by atoms with van der Waals surface area (Å²) in [6.07, 6.45) is 4.04. The Morgan fingerprint density at radius 3 is 3.07 bits per heavy atom. The van der Waals surface area contributed by atoms with Crippen molar-refractivity contribution in [1.29, 1.82) is 0 Å². The summed E-state index contributed by atoms with van der Waals surface area (Å²) in [7, 11) is 0. The quantitative estimate of drug-likeness (QED) is 0.804. The van der Waals surface area contributed by atoms with Gasteiger partial charge in [-0.1, -0.05) is 12.1 Å². The number of benzene rings is 1. The van der Waals surface area contributed by atoms with Crippen molar-refractivity contribution in [2.45, 2.75) is 12.8 Å². The van der Waals surface area contributed by atoms with E-state index < -0.39 is 0 Å². The van der Waals surface area contributed by atoms with Crippen molar-refractivity contribution in [3.05, 3.63) is 29.8 Å². The molecule has 3 heteroatoms. The number of nitrogens with zero attached hydrogens (tertiary/aromatic N) is 2. The number of aryl methyl sites for hydroxylation is 1. The lowest BCUT2D eigenvalue weighted by Crippen LogP contribution is -2.18. The van der Waals surface area contributed by atoms with E-state index in [9.17, 15) is 0 Å². The SMILES string of the molecule is NCCCc1cccc(N2C=NCC2)c1. The average molecular weight is 203 g/mol. The van der Waals surface area contributed by atoms with Gasteiger partial charge in [0.2, 0.25) is 0 Å². The summed E-state index contributed by atoms with van der Waals surface area (Å²) in [5.41, 5.74) is 8.11. The molecular weight excluding hydrogens is 186 g/mol. The first-order valence-corrected chi connectivity index (χ1v) is 5.46. The molecule has 1 aliphatic heterocycles. The maximum Gasteiger partial charge on any atom is 0.0895 e. The maximum absolute atomic E-state index is 5.50. The fourth-order valence-corrected chi connectivity index (χ4v) is 1.77. The van der Waals surface area contributed by atoms with E-state index in [1.807, 2.05) is 6.34 Å². The van der Waals surface area contributed by atoms with E-state index in [1.165, 1.54) is 11.3 Å². The average Bonchev–Trinajstić information content (AvgIpc) is 2.80. The van der Waals surface area contributed by atoms with Gasteiger partial charge in [0.25, 0.3) is 0 Å². The fourth-order valence-electron chi connectivity index (χ4n) is 1.77. The zero-order chi connectivity index (χ0) is 10.5. The minimum Gasteiger partial charge on any atom is -0.331 e. The van der Waals surface area contributed by atoms with Gasteiger partial charge >= 0.3 is 0 Å². The van der Waals surface area contributed by atoms with E-state index in [-0.39, 0.29) is 0 Å². The molecule has 0 fully saturated rings. The zero-order valence-corrected chi connectivity index (χ0v) is 8.89. The molecule has 1 aliphatic rings. The Kier molecular flexibility index (Phi) is 3.35. The minimum atomic E-state index is 0.759. The molecule has 1 aromatic rings. The Morgan fingerprint density at radius 1 is 1.40 bits per heavy atom. The molecule has 3 nitrogen and oxygen atoms in total. The number of hydrogen-bond donors (Lipinski definition) is 1. The van der Waals surface area contributed by atoms with Crippen LogP contribution in [-0.2, 0) is 6.42 Å². The highest BCUT2D eigenvalue weighted by molar-refractivity contribution is 5.81. The predicted octanol–water partition coefficient (Wildman–Crippen LogP) is 1.43. The van der Waals surface area contributed by atoms with E-state index in [0.29, 0.717) is 0 Å². The molecule has 0 bridgehead atoms. The molecule has 2 N–H and O–H groups in total. The molecular formula is C12H17N3. The van der Waals surface area contributed by atoms with Crippen LogP contribution in [0, 0.1) is 0 Å². The van der Waals surface area contributed by atoms with Crippen LogP contribution in [0.3, 0.4) is 0 Å². The molecule has 0 aromatic heterocycles. The monoisotopic (exact) mass is 203 g/mol. The van der Waals surface area contributed by atoms with Gasteiger partial charge in [-0.2, -0.15) is 0 Å². The van der Waals surface area contributed by atoms with Crippen LogP contribution < -0.4 is 10.6 Å². The van der Waals surface area contributed by atoms with E-state index in [4.69, 9.17) is 5.73 Å². The highest BCUT2D eigenvalue weighted by Gasteiger charge is 2.07. The van der Waals surface area contributed by atoms with E-state index in [0.717, 1.165) is 32.5 Å². The number of aliphatic imine (C=N–C) groups is 1. The molecule has 0 saturated heterocycles. The number of nitrogens with two attached hydrogens (primary N) is 1. The van der Waals surface area contributed by atoms with Crippen molar-refractivity contribution in [3.8, 4) is 0 Å². The van der Waals surface area contributed by atoms with Gasteiger partial charge in [-0.05, 0) is 37.1 Å². The van der Waals surface area contributed by atoms with Crippen LogP contribution in [0.15, 0.2) is 29.3 Å². The number of hydrogen-bond acceptors (Lipinski definition) is 3. The van der Waals surface area contributed by atoms with Crippen molar-refractivity contribution in [3.63, 3.8) is 0 Å². The van der Waals surface area contributed by atoms with Crippen molar-refractivity contribution in [2.24, 2.45) is 10.7 Å². The summed E-state index contributed by atoms with van der Waals surface area (Å²) in [6.45, 7) is 2.67. The molecule has 0 amide bonds. The topological polar surface area (TPSA) is 41.6 Å². The van der Waals surface area contributed by atoms with Crippen LogP contribution in [0.1, 0.15) is 12.0 Å². The van der Waals surface area contributed by atoms with Crippen LogP contribution in [0.25, 0.3) is 0 Å². The Hall–Kier alpha value is -1.35. The van der Waals surface area contributed by atoms with Crippen molar-refractivity contribution in [1.82, 2.24) is 0 Å². The van der Waals surface area contributed by atoms with Crippen molar-refractivity contribution < 1.29 is 0 Å². The molecule has 1 heterocycles. The van der Waals surface area contributed by atoms with Crippen molar-refractivity contribution >= 4 is 12.0 Å².